The topological polar surface area (TPSA) is 77.9 Å². The van der Waals surface area contributed by atoms with E-state index in [2.05, 4.69) is 17.0 Å². The van der Waals surface area contributed by atoms with Crippen LogP contribution in [0, 0.1) is 0 Å². The van der Waals surface area contributed by atoms with Crippen molar-refractivity contribution < 1.29 is 19.5 Å². The molecular formula is C22H18N2O4S3. The number of hydrogen-bond acceptors (Lipinski definition) is 7. The summed E-state index contributed by atoms with van der Waals surface area (Å²) < 4.78 is 0.306. The van der Waals surface area contributed by atoms with E-state index in [4.69, 9.17) is 17.3 Å². The zero-order valence-electron chi connectivity index (χ0n) is 16.5. The third kappa shape index (κ3) is 4.53. The average Bonchev–Trinajstić information content (AvgIpc) is 2.99. The molecule has 0 atom stereocenters. The van der Waals surface area contributed by atoms with E-state index in [9.17, 15) is 14.4 Å². The van der Waals surface area contributed by atoms with Gasteiger partial charge in [0.25, 0.3) is 5.91 Å². The molecule has 2 aliphatic heterocycles. The minimum atomic E-state index is -1.04. The predicted molar refractivity (Wildman–Crippen MR) is 127 cm³/mol. The summed E-state index contributed by atoms with van der Waals surface area (Å²) in [5.74, 6) is -1.70. The summed E-state index contributed by atoms with van der Waals surface area (Å²) in [7, 11) is 2.03. The molecular weight excluding hydrogens is 452 g/mol. The number of anilines is 2. The van der Waals surface area contributed by atoms with Crippen LogP contribution >= 0.6 is 35.7 Å². The number of Topliss-reactive ketones (excluding diaryl/α,β-unsaturated/α-hetero) is 1. The van der Waals surface area contributed by atoms with Crippen LogP contribution in [0.3, 0.4) is 0 Å². The number of fused-ring (bicyclic) bond motifs is 2. The van der Waals surface area contributed by atoms with Crippen LogP contribution in [0.25, 0.3) is 6.08 Å². The standard InChI is InChI=1S/C22H18N2O4S3/c1-23-15-4-2-3-5-17(15)30-18-10-13(6-8-16(18)23)11-19-21(28)24(22(29)31-19)12-14(25)7-9-20(26)27/h2-6,8,10-11H,7,9,12H2,1H3,(H,26,27)/b19-11-. The fourth-order valence-electron chi connectivity index (χ4n) is 3.34. The van der Waals surface area contributed by atoms with Gasteiger partial charge in [0.15, 0.2) is 5.78 Å². The Morgan fingerprint density at radius 3 is 2.58 bits per heavy atom. The summed E-state index contributed by atoms with van der Waals surface area (Å²) in [6, 6.07) is 14.2. The molecule has 0 unspecified atom stereocenters. The van der Waals surface area contributed by atoms with Crippen LogP contribution in [0.4, 0.5) is 11.4 Å². The van der Waals surface area contributed by atoms with Crippen LogP contribution in [0.2, 0.25) is 0 Å². The minimum absolute atomic E-state index is 0.123. The predicted octanol–water partition coefficient (Wildman–Crippen LogP) is 4.55. The fourth-order valence-corrected chi connectivity index (χ4v) is 5.79. The fraction of sp³-hybridized carbons (Fsp3) is 0.182. The van der Waals surface area contributed by atoms with E-state index in [1.807, 2.05) is 37.4 Å². The minimum Gasteiger partial charge on any atom is -0.481 e. The quantitative estimate of drug-likeness (QED) is 0.487. The van der Waals surface area contributed by atoms with E-state index in [1.165, 1.54) is 9.80 Å². The number of carbonyl (C=O) groups is 3. The van der Waals surface area contributed by atoms with Crippen molar-refractivity contribution in [2.24, 2.45) is 0 Å². The molecule has 0 bridgehead atoms. The maximum absolute atomic E-state index is 12.8. The molecule has 158 valence electrons. The number of benzene rings is 2. The van der Waals surface area contributed by atoms with Gasteiger partial charge in [0.2, 0.25) is 0 Å². The summed E-state index contributed by atoms with van der Waals surface area (Å²) in [4.78, 5) is 41.5. The Morgan fingerprint density at radius 1 is 1.06 bits per heavy atom. The molecule has 4 rings (SSSR count). The number of ketones is 1. The average molecular weight is 471 g/mol. The van der Waals surface area contributed by atoms with E-state index < -0.39 is 5.97 Å². The van der Waals surface area contributed by atoms with Crippen LogP contribution in [-0.4, -0.2) is 45.6 Å². The Kier molecular flexibility index (Phi) is 6.17. The summed E-state index contributed by atoms with van der Waals surface area (Å²) in [6.45, 7) is -0.198. The SMILES string of the molecule is CN1c2ccccc2Sc2cc(/C=C3\SC(=S)N(CC(=O)CCC(=O)O)C3=O)ccc21. The Balaban J connectivity index is 1.52. The van der Waals surface area contributed by atoms with Crippen molar-refractivity contribution in [3.63, 3.8) is 0 Å². The maximum atomic E-state index is 12.8. The lowest BCUT2D eigenvalue weighted by Gasteiger charge is -2.29. The molecule has 0 spiro atoms. The van der Waals surface area contributed by atoms with Gasteiger partial charge < -0.3 is 10.0 Å². The lowest BCUT2D eigenvalue weighted by atomic mass is 10.1. The van der Waals surface area contributed by atoms with Crippen LogP contribution in [0.15, 0.2) is 57.2 Å². The largest absolute Gasteiger partial charge is 0.481 e. The number of nitrogens with zero attached hydrogens (tertiary/aromatic N) is 2. The number of rotatable bonds is 6. The van der Waals surface area contributed by atoms with Crippen molar-refractivity contribution in [1.29, 1.82) is 0 Å². The van der Waals surface area contributed by atoms with Gasteiger partial charge in [0.05, 0.1) is 29.2 Å². The van der Waals surface area contributed by atoms with Crippen molar-refractivity contribution in [2.75, 3.05) is 18.5 Å². The summed E-state index contributed by atoms with van der Waals surface area (Å²) in [6.07, 6.45) is 1.40. The molecule has 1 saturated heterocycles. The first-order valence-electron chi connectivity index (χ1n) is 9.47. The van der Waals surface area contributed by atoms with Crippen molar-refractivity contribution in [1.82, 2.24) is 4.90 Å². The molecule has 2 heterocycles. The number of para-hydroxylation sites is 1. The molecule has 0 aliphatic carbocycles. The number of hydrogen-bond donors (Lipinski definition) is 1. The third-order valence-electron chi connectivity index (χ3n) is 4.92. The molecule has 2 aliphatic rings. The number of aliphatic carboxylic acids is 1. The van der Waals surface area contributed by atoms with Gasteiger partial charge in [-0.1, -0.05) is 53.9 Å². The molecule has 31 heavy (non-hydrogen) atoms. The van der Waals surface area contributed by atoms with Crippen molar-refractivity contribution >= 4 is 75.2 Å². The van der Waals surface area contributed by atoms with Crippen LogP contribution in [0.1, 0.15) is 18.4 Å². The van der Waals surface area contributed by atoms with Crippen LogP contribution in [-0.2, 0) is 14.4 Å². The second-order valence-electron chi connectivity index (χ2n) is 7.06. The molecule has 1 amide bonds. The van der Waals surface area contributed by atoms with Crippen LogP contribution in [0.5, 0.6) is 0 Å². The highest BCUT2D eigenvalue weighted by Crippen LogP contribution is 2.47. The number of thiocarbonyl (C=S) groups is 1. The van der Waals surface area contributed by atoms with Gasteiger partial charge in [0.1, 0.15) is 4.32 Å². The highest BCUT2D eigenvalue weighted by molar-refractivity contribution is 8.26. The van der Waals surface area contributed by atoms with Crippen molar-refractivity contribution in [3.8, 4) is 0 Å². The second-order valence-corrected chi connectivity index (χ2v) is 9.82. The highest BCUT2D eigenvalue weighted by Gasteiger charge is 2.33. The zero-order chi connectivity index (χ0) is 22.1. The molecule has 2 aromatic rings. The Labute approximate surface area is 193 Å². The van der Waals surface area contributed by atoms with Crippen molar-refractivity contribution in [2.45, 2.75) is 22.6 Å². The molecule has 2 aromatic carbocycles. The smallest absolute Gasteiger partial charge is 0.303 e. The van der Waals surface area contributed by atoms with Crippen molar-refractivity contribution in [3.05, 3.63) is 52.9 Å². The first-order chi connectivity index (χ1) is 14.8. The summed E-state index contributed by atoms with van der Waals surface area (Å²) in [5, 5.41) is 8.71. The molecule has 0 saturated carbocycles. The van der Waals surface area contributed by atoms with E-state index in [0.717, 1.165) is 33.6 Å². The van der Waals surface area contributed by atoms with Gasteiger partial charge in [-0.15, -0.1) is 0 Å². The number of carboxylic acid groups (broad SMARTS) is 1. The Bertz CT molecular complexity index is 1150. The Hall–Kier alpha value is -2.62. The number of thioether (sulfide) groups is 1. The van der Waals surface area contributed by atoms with Gasteiger partial charge in [0, 0.05) is 23.3 Å². The lowest BCUT2D eigenvalue weighted by molar-refractivity contribution is -0.138. The molecule has 6 nitrogen and oxygen atoms in total. The number of carbonyl (C=O) groups excluding carboxylic acids is 2. The van der Waals surface area contributed by atoms with Gasteiger partial charge >= 0.3 is 5.97 Å². The van der Waals surface area contributed by atoms with Gasteiger partial charge in [-0.3, -0.25) is 19.3 Å². The maximum Gasteiger partial charge on any atom is 0.303 e. The highest BCUT2D eigenvalue weighted by atomic mass is 32.2. The molecule has 9 heteroatoms. The monoisotopic (exact) mass is 470 g/mol. The normalized spacial score (nSPS) is 16.5. The first-order valence-corrected chi connectivity index (χ1v) is 11.5. The Morgan fingerprint density at radius 2 is 1.81 bits per heavy atom. The lowest BCUT2D eigenvalue weighted by Crippen LogP contribution is -2.33. The molecule has 1 fully saturated rings. The van der Waals surface area contributed by atoms with E-state index in [-0.39, 0.29) is 31.1 Å². The molecule has 1 N–H and O–H groups in total. The molecule has 0 aromatic heterocycles. The van der Waals surface area contributed by atoms with Crippen LogP contribution < -0.4 is 4.90 Å². The van der Waals surface area contributed by atoms with E-state index >= 15 is 0 Å². The van der Waals surface area contributed by atoms with Gasteiger partial charge in [-0.25, -0.2) is 0 Å². The number of amides is 1. The molecule has 0 radical (unpaired) electrons. The summed E-state index contributed by atoms with van der Waals surface area (Å²) in [5.41, 5.74) is 3.12. The second kappa shape index (κ2) is 8.86. The van der Waals surface area contributed by atoms with Gasteiger partial charge in [-0.2, -0.15) is 0 Å². The third-order valence-corrected chi connectivity index (χ3v) is 7.41. The van der Waals surface area contributed by atoms with E-state index in [0.29, 0.717) is 9.23 Å². The van der Waals surface area contributed by atoms with E-state index in [1.54, 1.807) is 17.8 Å². The number of carboxylic acids is 1. The first kappa shape index (κ1) is 21.6. The summed E-state index contributed by atoms with van der Waals surface area (Å²) >= 11 is 8.11. The van der Waals surface area contributed by atoms with Gasteiger partial charge in [-0.05, 0) is 35.9 Å². The zero-order valence-corrected chi connectivity index (χ0v) is 19.0.